The Hall–Kier alpha value is -1.65. The van der Waals surface area contributed by atoms with E-state index in [2.05, 4.69) is 9.72 Å². The predicted octanol–water partition coefficient (Wildman–Crippen LogP) is 0.460. The minimum absolute atomic E-state index is 0.107. The molecule has 2 heterocycles. The molecule has 74 valence electrons. The van der Waals surface area contributed by atoms with Crippen molar-refractivity contribution in [1.82, 2.24) is 9.55 Å². The second-order valence-electron chi connectivity index (χ2n) is 3.12. The maximum absolute atomic E-state index is 11.3. The van der Waals surface area contributed by atoms with Gasteiger partial charge in [-0.15, -0.1) is 0 Å². The molecule has 1 saturated heterocycles. The molecule has 5 nitrogen and oxygen atoms in total. The van der Waals surface area contributed by atoms with Crippen LogP contribution in [0.2, 0.25) is 0 Å². The lowest BCUT2D eigenvalue weighted by molar-refractivity contribution is -0.152. The van der Waals surface area contributed by atoms with Crippen LogP contribution in [0.25, 0.3) is 0 Å². The zero-order chi connectivity index (χ0) is 10.1. The molecule has 0 saturated carbocycles. The van der Waals surface area contributed by atoms with E-state index in [0.717, 1.165) is 6.54 Å². The third-order valence-corrected chi connectivity index (χ3v) is 2.27. The quantitative estimate of drug-likeness (QED) is 0.507. The van der Waals surface area contributed by atoms with Crippen molar-refractivity contribution >= 4 is 11.9 Å². The van der Waals surface area contributed by atoms with Crippen molar-refractivity contribution in [1.29, 1.82) is 0 Å². The molecule has 0 radical (unpaired) electrons. The number of cyclic esters (lactones) is 2. The van der Waals surface area contributed by atoms with Crippen molar-refractivity contribution in [3.8, 4) is 0 Å². The lowest BCUT2D eigenvalue weighted by Gasteiger charge is -2.06. The SMILES string of the molecule is CCn1ccnc1C1CC(=O)OC1=O. The number of aromatic nitrogens is 2. The lowest BCUT2D eigenvalue weighted by Crippen LogP contribution is -2.12. The van der Waals surface area contributed by atoms with E-state index in [1.807, 2.05) is 11.5 Å². The van der Waals surface area contributed by atoms with Crippen LogP contribution in [0, 0.1) is 0 Å². The molecular weight excluding hydrogens is 184 g/mol. The predicted molar refractivity (Wildman–Crippen MR) is 46.4 cm³/mol. The molecule has 1 unspecified atom stereocenters. The number of rotatable bonds is 2. The summed E-state index contributed by atoms with van der Waals surface area (Å²) in [6, 6.07) is 0. The first-order valence-electron chi connectivity index (χ1n) is 4.48. The third-order valence-electron chi connectivity index (χ3n) is 2.27. The number of aryl methyl sites for hydroxylation is 1. The van der Waals surface area contributed by atoms with Gasteiger partial charge in [-0.25, -0.2) is 4.98 Å². The van der Waals surface area contributed by atoms with Gasteiger partial charge in [-0.2, -0.15) is 0 Å². The first kappa shape index (κ1) is 8.93. The summed E-state index contributed by atoms with van der Waals surface area (Å²) in [6.45, 7) is 2.68. The monoisotopic (exact) mass is 194 g/mol. The summed E-state index contributed by atoms with van der Waals surface area (Å²) in [7, 11) is 0. The Morgan fingerprint density at radius 2 is 2.43 bits per heavy atom. The summed E-state index contributed by atoms with van der Waals surface area (Å²) >= 11 is 0. The van der Waals surface area contributed by atoms with Gasteiger partial charge in [-0.1, -0.05) is 0 Å². The topological polar surface area (TPSA) is 61.2 Å². The van der Waals surface area contributed by atoms with Crippen LogP contribution < -0.4 is 0 Å². The molecule has 0 aliphatic carbocycles. The second-order valence-corrected chi connectivity index (χ2v) is 3.12. The van der Waals surface area contributed by atoms with Crippen molar-refractivity contribution in [2.75, 3.05) is 0 Å². The molecule has 1 atom stereocenters. The van der Waals surface area contributed by atoms with Crippen LogP contribution in [0.3, 0.4) is 0 Å². The van der Waals surface area contributed by atoms with Gasteiger partial charge < -0.3 is 9.30 Å². The molecule has 1 fully saturated rings. The maximum Gasteiger partial charge on any atom is 0.324 e. The largest absolute Gasteiger partial charge is 0.393 e. The number of hydrogen-bond donors (Lipinski definition) is 0. The highest BCUT2D eigenvalue weighted by molar-refractivity contribution is 5.97. The second kappa shape index (κ2) is 3.25. The van der Waals surface area contributed by atoms with Gasteiger partial charge in [-0.05, 0) is 6.92 Å². The highest BCUT2D eigenvalue weighted by Gasteiger charge is 2.37. The third kappa shape index (κ3) is 1.30. The van der Waals surface area contributed by atoms with Gasteiger partial charge in [0.05, 0.1) is 6.42 Å². The normalized spacial score (nSPS) is 21.4. The molecule has 1 aliphatic rings. The van der Waals surface area contributed by atoms with Crippen molar-refractivity contribution in [2.24, 2.45) is 0 Å². The van der Waals surface area contributed by atoms with Crippen LogP contribution in [0.4, 0.5) is 0 Å². The Morgan fingerprint density at radius 1 is 1.64 bits per heavy atom. The average Bonchev–Trinajstić information content (AvgIpc) is 2.71. The van der Waals surface area contributed by atoms with Crippen LogP contribution >= 0.6 is 0 Å². The zero-order valence-corrected chi connectivity index (χ0v) is 7.77. The number of ether oxygens (including phenoxy) is 1. The number of carbonyl (C=O) groups is 2. The van der Waals surface area contributed by atoms with Crippen molar-refractivity contribution in [3.05, 3.63) is 18.2 Å². The standard InChI is InChI=1S/C9H10N2O3/c1-2-11-4-3-10-8(11)6-5-7(12)14-9(6)13/h3-4,6H,2,5H2,1H3. The fourth-order valence-electron chi connectivity index (χ4n) is 1.57. The number of hydrogen-bond acceptors (Lipinski definition) is 4. The molecule has 0 aromatic carbocycles. The smallest absolute Gasteiger partial charge is 0.324 e. The summed E-state index contributed by atoms with van der Waals surface area (Å²) in [5.74, 6) is -0.859. The molecule has 1 aromatic rings. The van der Waals surface area contributed by atoms with E-state index < -0.39 is 17.9 Å². The van der Waals surface area contributed by atoms with Crippen LogP contribution in [0.15, 0.2) is 12.4 Å². The van der Waals surface area contributed by atoms with Crippen molar-refractivity contribution in [2.45, 2.75) is 25.8 Å². The zero-order valence-electron chi connectivity index (χ0n) is 7.77. The molecule has 14 heavy (non-hydrogen) atoms. The van der Waals surface area contributed by atoms with Crippen LogP contribution in [0.5, 0.6) is 0 Å². The molecule has 0 amide bonds. The Kier molecular flexibility index (Phi) is 2.07. The highest BCUT2D eigenvalue weighted by atomic mass is 16.6. The molecule has 0 spiro atoms. The average molecular weight is 194 g/mol. The molecule has 0 N–H and O–H groups in total. The van der Waals surface area contributed by atoms with Crippen LogP contribution in [0.1, 0.15) is 25.1 Å². The summed E-state index contributed by atoms with van der Waals surface area (Å²) in [6.07, 6.45) is 3.51. The Morgan fingerprint density at radius 3 is 3.00 bits per heavy atom. The van der Waals surface area contributed by atoms with E-state index in [-0.39, 0.29) is 6.42 Å². The van der Waals surface area contributed by atoms with E-state index in [0.29, 0.717) is 5.82 Å². The fourth-order valence-corrected chi connectivity index (χ4v) is 1.57. The first-order chi connectivity index (χ1) is 6.72. The van der Waals surface area contributed by atoms with Gasteiger partial charge >= 0.3 is 11.9 Å². The van der Waals surface area contributed by atoms with E-state index >= 15 is 0 Å². The fraction of sp³-hybridized carbons (Fsp3) is 0.444. The van der Waals surface area contributed by atoms with Gasteiger partial charge in [0.25, 0.3) is 0 Å². The summed E-state index contributed by atoms with van der Waals surface area (Å²) in [4.78, 5) is 26.2. The number of imidazole rings is 1. The van der Waals surface area contributed by atoms with Gasteiger partial charge in [0, 0.05) is 18.9 Å². The highest BCUT2D eigenvalue weighted by Crippen LogP contribution is 2.25. The molecule has 2 rings (SSSR count). The number of esters is 2. The Balaban J connectivity index is 2.31. The molecule has 1 aromatic heterocycles. The number of nitrogens with zero attached hydrogens (tertiary/aromatic N) is 2. The van der Waals surface area contributed by atoms with E-state index in [4.69, 9.17) is 0 Å². The maximum atomic E-state index is 11.3. The Labute approximate surface area is 80.7 Å². The van der Waals surface area contributed by atoms with Crippen LogP contribution in [-0.4, -0.2) is 21.5 Å². The van der Waals surface area contributed by atoms with Gasteiger partial charge in [0.2, 0.25) is 0 Å². The molecule has 0 bridgehead atoms. The van der Waals surface area contributed by atoms with Gasteiger partial charge in [0.15, 0.2) is 0 Å². The minimum Gasteiger partial charge on any atom is -0.393 e. The van der Waals surface area contributed by atoms with Gasteiger partial charge in [-0.3, -0.25) is 9.59 Å². The minimum atomic E-state index is -0.516. The van der Waals surface area contributed by atoms with Crippen LogP contribution in [-0.2, 0) is 20.9 Å². The van der Waals surface area contributed by atoms with Crippen molar-refractivity contribution in [3.63, 3.8) is 0 Å². The van der Waals surface area contributed by atoms with Crippen molar-refractivity contribution < 1.29 is 14.3 Å². The molecule has 1 aliphatic heterocycles. The number of carbonyl (C=O) groups excluding carboxylic acids is 2. The van der Waals surface area contributed by atoms with E-state index in [1.165, 1.54) is 0 Å². The summed E-state index contributed by atoms with van der Waals surface area (Å²) in [5.41, 5.74) is 0. The lowest BCUT2D eigenvalue weighted by atomic mass is 10.1. The van der Waals surface area contributed by atoms with Gasteiger partial charge in [0.1, 0.15) is 11.7 Å². The molecule has 5 heteroatoms. The summed E-state index contributed by atoms with van der Waals surface area (Å²) in [5, 5.41) is 0. The first-order valence-corrected chi connectivity index (χ1v) is 4.48. The summed E-state index contributed by atoms with van der Waals surface area (Å²) < 4.78 is 6.30. The van der Waals surface area contributed by atoms with E-state index in [1.54, 1.807) is 12.4 Å². The van der Waals surface area contributed by atoms with E-state index in [9.17, 15) is 9.59 Å². The Bertz CT molecular complexity index is 383. The molecular formula is C9H10N2O3.